The Bertz CT molecular complexity index is 4390. The van der Waals surface area contributed by atoms with Gasteiger partial charge in [0.05, 0.1) is 78.5 Å². The Kier molecular flexibility index (Phi) is 33.8. The average Bonchev–Trinajstić information content (AvgIpc) is 1.62. The van der Waals surface area contributed by atoms with Crippen LogP contribution < -0.4 is 36.6 Å². The summed E-state index contributed by atoms with van der Waals surface area (Å²) in [6, 6.07) is 16.2. The van der Waals surface area contributed by atoms with Gasteiger partial charge in [0.2, 0.25) is 53.2 Å². The second-order valence-electron chi connectivity index (χ2n) is 32.3. The number of aromatic nitrogens is 1. The van der Waals surface area contributed by atoms with Crippen molar-refractivity contribution in [3.8, 4) is 5.75 Å². The van der Waals surface area contributed by atoms with Crippen LogP contribution in [-0.4, -0.2) is 252 Å². The number of carboxylic acid groups (broad SMARTS) is 1. The monoisotopic (exact) mass is 1640 g/mol. The molecule has 2 fully saturated rings. The number of carbonyl (C=O) groups is 13. The molecular weight excluding hydrogens is 1520 g/mol. The zero-order valence-corrected chi connectivity index (χ0v) is 68.6. The molecule has 0 radical (unpaired) electrons. The molecule has 6 aliphatic rings. The first-order valence-corrected chi connectivity index (χ1v) is 40.7. The molecule has 10 atom stereocenters. The number of methoxy groups -OCH3 is 1. The molecule has 31 heteroatoms. The van der Waals surface area contributed by atoms with Gasteiger partial charge in [0.1, 0.15) is 60.7 Å². The van der Waals surface area contributed by atoms with Crippen molar-refractivity contribution in [1.29, 1.82) is 0 Å². The highest BCUT2D eigenvalue weighted by atomic mass is 19.1. The number of likely N-dealkylation sites (N-methyl/N-ethyl adjacent to an activating group) is 1. The highest BCUT2D eigenvalue weighted by Crippen LogP contribution is 2.35. The standard InChI is InChI=1S/C86H112FN11O17.CH2O2/c1-55-80(106)90-68(29-26-65(100)34-41-113-43-44-114-42-40-98(4,5)6)81(107)91-69-47-60-16-12-17-61(45-60)51-88-76(104)54-115-73-33-39-96-79(73)83(109)93-78(56(2)99)82(108)92-70(46-58-23-27-66(112-7)28-24-58)85(111)97-38-14-35-86(97,3)74(102)18-13-15-57-19-21-59(22-20-57)52-95(77(105)32-31-75(103)89-55)37-11-9-8-10-36-94-53-63(48-62(84(96)110)49-72(69)101)67-50-64(87)25-30-71(67)94;2-1-3/h8,10,12,16-17,19-25,27-28,30,45,50,53,55-56,62,68-70,73,78-79,99H,9,11,13-15,18,26,29,31-44,46-49,51-52,54H2,1-7H3,(H5-,88,89,90,91,92,93,103,104,106,107,108,109);1H,(H,2,3)/p+1/t55-,56+,62+,68+,69-,70-,73-,78-,79-,86-;/m0./s1. The largest absolute Gasteiger partial charge is 0.497 e. The second kappa shape index (κ2) is 43.7. The number of benzene rings is 4. The number of halogens is 1. The number of nitrogens with one attached hydrogen (secondary N) is 6. The van der Waals surface area contributed by atoms with E-state index in [-0.39, 0.29) is 141 Å². The molecule has 12 bridgehead atoms. The Morgan fingerprint density at radius 1 is 0.712 bits per heavy atom. The zero-order valence-electron chi connectivity index (χ0n) is 68.6. The van der Waals surface area contributed by atoms with E-state index in [9.17, 15) is 33.9 Å². The van der Waals surface area contributed by atoms with Gasteiger partial charge in [-0.25, -0.2) is 4.39 Å². The van der Waals surface area contributed by atoms with E-state index < -0.39 is 132 Å². The number of ether oxygens (including phenoxy) is 4. The molecule has 0 spiro atoms. The third kappa shape index (κ3) is 26.2. The zero-order chi connectivity index (χ0) is 85.2. The van der Waals surface area contributed by atoms with Crippen LogP contribution in [0.4, 0.5) is 4.39 Å². The number of amides is 9. The lowest BCUT2D eigenvalue weighted by atomic mass is 9.88. The van der Waals surface area contributed by atoms with Crippen molar-refractivity contribution >= 4 is 87.9 Å². The molecule has 118 heavy (non-hydrogen) atoms. The summed E-state index contributed by atoms with van der Waals surface area (Å²) in [5.41, 5.74) is 3.00. The third-order valence-corrected chi connectivity index (χ3v) is 22.3. The third-order valence-electron chi connectivity index (χ3n) is 22.3. The number of Topliss-reactive ketones (excluding diaryl/α,β-unsaturated/α-hetero) is 3. The molecule has 0 saturated carbocycles. The van der Waals surface area contributed by atoms with Crippen LogP contribution in [-0.2, 0) is 122 Å². The molecule has 6 aliphatic heterocycles. The van der Waals surface area contributed by atoms with E-state index in [1.54, 1.807) is 72.6 Å². The summed E-state index contributed by atoms with van der Waals surface area (Å²) in [5.74, 6) is -9.59. The van der Waals surface area contributed by atoms with Gasteiger partial charge in [-0.3, -0.25) is 62.3 Å². The highest BCUT2D eigenvalue weighted by Gasteiger charge is 2.49. The molecule has 4 aromatic carbocycles. The summed E-state index contributed by atoms with van der Waals surface area (Å²) >= 11 is 0. The SMILES string of the molecule is COc1ccc(C[C@@H]2NC(=O)[C@H]([C@@H](C)O)NC(=O)[C@@H]3[C@@H]4CCN3C(=O)[C@H]3CC(=O)[C@H](Cc5cccc(c5)CNC(=O)CO4)NC(=O)[C@@H](CCC(=O)CCOCCOCC[N+](C)(C)C)NC(=O)[C@H](C)NC(=O)CCC(=O)N(CCCC=CCn4cc(c5cc(F)ccc54)C3)Cc3ccc(cc3)CCCC(=O)[C@]3(C)CCCN3C2=O)cc1.O=CO. The number of hydrogen-bond donors (Lipinski definition) is 8. The number of nitrogens with zero attached hydrogens (tertiary/aromatic N) is 5. The lowest BCUT2D eigenvalue weighted by Gasteiger charge is -2.37. The van der Waals surface area contributed by atoms with Gasteiger partial charge in [-0.15, -0.1) is 0 Å². The number of aliphatic hydroxyl groups is 1. The predicted molar refractivity (Wildman–Crippen MR) is 433 cm³/mol. The molecule has 7 heterocycles. The number of fused-ring (bicyclic) bond motifs is 16. The van der Waals surface area contributed by atoms with Crippen molar-refractivity contribution < 1.29 is 100 Å². The fourth-order valence-corrected chi connectivity index (χ4v) is 15.6. The topological polar surface area (TPSA) is 386 Å². The van der Waals surface area contributed by atoms with Crippen LogP contribution >= 0.6 is 0 Å². The minimum atomic E-state index is -1.84. The van der Waals surface area contributed by atoms with E-state index in [0.717, 1.165) is 17.7 Å². The Balaban J connectivity index is 0.00000521. The van der Waals surface area contributed by atoms with Crippen LogP contribution in [0.3, 0.4) is 0 Å². The Labute approximate surface area is 687 Å². The van der Waals surface area contributed by atoms with Crippen LogP contribution in [0, 0.1) is 11.7 Å². The van der Waals surface area contributed by atoms with Gasteiger partial charge < -0.3 is 84.8 Å². The van der Waals surface area contributed by atoms with Crippen molar-refractivity contribution in [3.05, 3.63) is 149 Å². The summed E-state index contributed by atoms with van der Waals surface area (Å²) in [6.45, 7) is 5.86. The van der Waals surface area contributed by atoms with Gasteiger partial charge in [-0.05, 0) is 149 Å². The maximum atomic E-state index is 16.3. The van der Waals surface area contributed by atoms with Crippen LogP contribution in [0.15, 0.2) is 109 Å². The van der Waals surface area contributed by atoms with Crippen molar-refractivity contribution in [1.82, 2.24) is 51.2 Å². The van der Waals surface area contributed by atoms with E-state index in [0.29, 0.717) is 95.1 Å². The predicted octanol–water partition coefficient (Wildman–Crippen LogP) is 4.46. The number of aliphatic hydroxyl groups excluding tert-OH is 1. The molecule has 11 rings (SSSR count). The molecule has 8 N–H and O–H groups in total. The minimum Gasteiger partial charge on any atom is -0.497 e. The van der Waals surface area contributed by atoms with Crippen LogP contribution in [0.2, 0.25) is 0 Å². The molecule has 2 saturated heterocycles. The van der Waals surface area contributed by atoms with Gasteiger partial charge in [-0.1, -0.05) is 72.8 Å². The molecule has 30 nitrogen and oxygen atoms in total. The smallest absolute Gasteiger partial charge is 0.290 e. The van der Waals surface area contributed by atoms with Crippen LogP contribution in [0.1, 0.15) is 138 Å². The maximum absolute atomic E-state index is 16.3. The quantitative estimate of drug-likeness (QED) is 0.0292. The van der Waals surface area contributed by atoms with Gasteiger partial charge in [0, 0.05) is 107 Å². The van der Waals surface area contributed by atoms with E-state index >= 15 is 33.2 Å². The van der Waals surface area contributed by atoms with E-state index in [4.69, 9.17) is 28.8 Å². The van der Waals surface area contributed by atoms with Gasteiger partial charge in [0.15, 0.2) is 11.6 Å². The first-order chi connectivity index (χ1) is 56.4. The fourth-order valence-electron chi connectivity index (χ4n) is 15.6. The Morgan fingerprint density at radius 3 is 2.16 bits per heavy atom. The number of aryl methyl sites for hydroxylation is 1. The molecule has 0 unspecified atom stereocenters. The number of quaternary nitrogens is 1. The van der Waals surface area contributed by atoms with E-state index in [2.05, 4.69) is 31.9 Å². The number of rotatable bonds is 16. The molecular formula is C87H115FN11O19+. The molecule has 5 aromatic rings. The summed E-state index contributed by atoms with van der Waals surface area (Å²) < 4.78 is 41.6. The molecule has 9 amide bonds. The molecule has 638 valence electrons. The lowest BCUT2D eigenvalue weighted by Crippen LogP contribution is -2.62. The normalized spacial score (nSPS) is 24.1. The van der Waals surface area contributed by atoms with E-state index in [1.807, 2.05) is 62.1 Å². The highest BCUT2D eigenvalue weighted by molar-refractivity contribution is 6.00. The number of hydrogen-bond acceptors (Lipinski definition) is 18. The van der Waals surface area contributed by atoms with Crippen LogP contribution in [0.5, 0.6) is 5.75 Å². The number of carbonyl (C=O) groups excluding carboxylic acids is 12. The first-order valence-electron chi connectivity index (χ1n) is 40.7. The average molecular weight is 1640 g/mol. The lowest BCUT2D eigenvalue weighted by molar-refractivity contribution is -0.870. The van der Waals surface area contributed by atoms with Crippen LogP contribution in [0.25, 0.3) is 10.9 Å². The Morgan fingerprint density at radius 2 is 1.43 bits per heavy atom. The van der Waals surface area contributed by atoms with Crippen molar-refractivity contribution in [2.24, 2.45) is 5.92 Å². The van der Waals surface area contributed by atoms with Gasteiger partial charge >= 0.3 is 0 Å². The first kappa shape index (κ1) is 91.3. The summed E-state index contributed by atoms with van der Waals surface area (Å²) in [7, 11) is 7.63. The Hall–Kier alpha value is -10.6. The summed E-state index contributed by atoms with van der Waals surface area (Å²) in [4.78, 5) is 192. The summed E-state index contributed by atoms with van der Waals surface area (Å²) in [6.07, 6.45) is 2.86. The van der Waals surface area contributed by atoms with Crippen molar-refractivity contribution in [2.75, 3.05) is 87.5 Å². The van der Waals surface area contributed by atoms with E-state index in [1.165, 1.54) is 42.9 Å². The number of allylic oxidation sites excluding steroid dienone is 2. The second-order valence-corrected chi connectivity index (χ2v) is 32.3. The molecule has 1 aromatic heterocycles. The number of ketones is 3. The van der Waals surface area contributed by atoms with Gasteiger partial charge in [-0.2, -0.15) is 0 Å². The van der Waals surface area contributed by atoms with Gasteiger partial charge in [0.25, 0.3) is 6.47 Å². The molecule has 0 aliphatic carbocycles. The fraction of sp³-hybridized carbons (Fsp3) is 0.529. The van der Waals surface area contributed by atoms with Crippen molar-refractivity contribution in [2.45, 2.75) is 204 Å². The summed E-state index contributed by atoms with van der Waals surface area (Å²) in [5, 5.41) is 35.6. The minimum absolute atomic E-state index is 0.0265. The van der Waals surface area contributed by atoms with Crippen molar-refractivity contribution in [3.63, 3.8) is 0 Å². The maximum Gasteiger partial charge on any atom is 0.290 e.